The van der Waals surface area contributed by atoms with Crippen LogP contribution in [0.4, 0.5) is 0 Å². The zero-order chi connectivity index (χ0) is 12.4. The van der Waals surface area contributed by atoms with E-state index in [0.717, 1.165) is 12.3 Å². The number of hydrogen-bond acceptors (Lipinski definition) is 2. The highest BCUT2D eigenvalue weighted by Gasteiger charge is 2.19. The fourth-order valence-electron chi connectivity index (χ4n) is 2.71. The number of nitrogens with one attached hydrogen (secondary N) is 1. The van der Waals surface area contributed by atoms with Gasteiger partial charge in [-0.1, -0.05) is 26.0 Å². The molecule has 1 unspecified atom stereocenters. The lowest BCUT2D eigenvalue weighted by Gasteiger charge is -2.19. The van der Waals surface area contributed by atoms with Crippen molar-refractivity contribution < 1.29 is 4.74 Å². The Labute approximate surface area is 104 Å². The molecule has 2 heteroatoms. The summed E-state index contributed by atoms with van der Waals surface area (Å²) in [5.74, 6) is 1.56. The molecule has 1 aliphatic rings. The third-order valence-corrected chi connectivity index (χ3v) is 3.61. The molecule has 17 heavy (non-hydrogen) atoms. The molecular formula is C15H23NO. The largest absolute Gasteiger partial charge is 0.496 e. The first kappa shape index (κ1) is 12.4. The van der Waals surface area contributed by atoms with Gasteiger partial charge >= 0.3 is 0 Å². The van der Waals surface area contributed by atoms with Crippen LogP contribution in [-0.4, -0.2) is 13.7 Å². The molecular weight excluding hydrogens is 210 g/mol. The summed E-state index contributed by atoms with van der Waals surface area (Å²) < 4.78 is 5.53. The molecule has 1 N–H and O–H groups in total. The molecule has 0 aromatic heterocycles. The molecule has 1 aromatic carbocycles. The predicted octanol–water partition coefficient (Wildman–Crippen LogP) is 3.55. The molecule has 0 bridgehead atoms. The second-order valence-corrected chi connectivity index (χ2v) is 5.26. The van der Waals surface area contributed by atoms with Gasteiger partial charge in [-0.15, -0.1) is 0 Å². The van der Waals surface area contributed by atoms with Crippen LogP contribution in [0.15, 0.2) is 12.1 Å². The zero-order valence-corrected chi connectivity index (χ0v) is 11.3. The third-order valence-electron chi connectivity index (χ3n) is 3.61. The number of aryl methyl sites for hydroxylation is 1. The molecule has 0 saturated carbocycles. The first-order valence-corrected chi connectivity index (χ1v) is 6.55. The maximum absolute atomic E-state index is 5.53. The molecule has 1 saturated heterocycles. The van der Waals surface area contributed by atoms with Crippen molar-refractivity contribution >= 4 is 0 Å². The SMILES string of the molecule is COc1c(C)cc(C2CCCN2)cc1C(C)C. The summed E-state index contributed by atoms with van der Waals surface area (Å²) in [6, 6.07) is 5.13. The highest BCUT2D eigenvalue weighted by Crippen LogP contribution is 2.34. The summed E-state index contributed by atoms with van der Waals surface area (Å²) in [4.78, 5) is 0. The van der Waals surface area contributed by atoms with Crippen LogP contribution in [0, 0.1) is 6.92 Å². The standard InChI is InChI=1S/C15H23NO/c1-10(2)13-9-12(14-6-5-7-16-14)8-11(3)15(13)17-4/h8-10,14,16H,5-7H2,1-4H3. The van der Waals surface area contributed by atoms with Gasteiger partial charge in [-0.05, 0) is 48.9 Å². The summed E-state index contributed by atoms with van der Waals surface area (Å²) in [6.07, 6.45) is 2.54. The fraction of sp³-hybridized carbons (Fsp3) is 0.600. The fourth-order valence-corrected chi connectivity index (χ4v) is 2.71. The number of ether oxygens (including phenoxy) is 1. The van der Waals surface area contributed by atoms with Crippen LogP contribution in [0.1, 0.15) is 55.3 Å². The normalized spacial score (nSPS) is 19.9. The van der Waals surface area contributed by atoms with E-state index in [1.807, 2.05) is 0 Å². The summed E-state index contributed by atoms with van der Waals surface area (Å²) in [5.41, 5.74) is 4.00. The monoisotopic (exact) mass is 233 g/mol. The zero-order valence-electron chi connectivity index (χ0n) is 11.3. The number of methoxy groups -OCH3 is 1. The molecule has 0 aliphatic carbocycles. The van der Waals surface area contributed by atoms with Crippen molar-refractivity contribution in [1.29, 1.82) is 0 Å². The van der Waals surface area contributed by atoms with Crippen LogP contribution >= 0.6 is 0 Å². The van der Waals surface area contributed by atoms with Crippen molar-refractivity contribution in [2.45, 2.75) is 45.6 Å². The molecule has 1 aliphatic heterocycles. The van der Waals surface area contributed by atoms with E-state index in [2.05, 4.69) is 38.2 Å². The van der Waals surface area contributed by atoms with Gasteiger partial charge in [0.05, 0.1) is 7.11 Å². The Morgan fingerprint density at radius 2 is 2.12 bits per heavy atom. The minimum atomic E-state index is 0.505. The summed E-state index contributed by atoms with van der Waals surface area (Å²) in [7, 11) is 1.77. The van der Waals surface area contributed by atoms with Gasteiger partial charge in [0.2, 0.25) is 0 Å². The minimum absolute atomic E-state index is 0.505. The van der Waals surface area contributed by atoms with Crippen LogP contribution in [-0.2, 0) is 0 Å². The highest BCUT2D eigenvalue weighted by atomic mass is 16.5. The number of benzene rings is 1. The lowest BCUT2D eigenvalue weighted by Crippen LogP contribution is -2.13. The molecule has 1 heterocycles. The van der Waals surface area contributed by atoms with E-state index < -0.39 is 0 Å². The van der Waals surface area contributed by atoms with E-state index in [1.54, 1.807) is 7.11 Å². The molecule has 0 radical (unpaired) electrons. The quantitative estimate of drug-likeness (QED) is 0.862. The van der Waals surface area contributed by atoms with E-state index in [9.17, 15) is 0 Å². The second-order valence-electron chi connectivity index (χ2n) is 5.26. The van der Waals surface area contributed by atoms with Gasteiger partial charge in [0.15, 0.2) is 0 Å². The Morgan fingerprint density at radius 1 is 1.35 bits per heavy atom. The molecule has 1 atom stereocenters. The van der Waals surface area contributed by atoms with Crippen LogP contribution in [0.25, 0.3) is 0 Å². The molecule has 94 valence electrons. The topological polar surface area (TPSA) is 21.3 Å². The van der Waals surface area contributed by atoms with Gasteiger partial charge in [-0.25, -0.2) is 0 Å². The van der Waals surface area contributed by atoms with Crippen molar-refractivity contribution in [1.82, 2.24) is 5.32 Å². The van der Waals surface area contributed by atoms with Gasteiger partial charge < -0.3 is 10.1 Å². The van der Waals surface area contributed by atoms with Gasteiger partial charge in [0.1, 0.15) is 5.75 Å². The maximum Gasteiger partial charge on any atom is 0.125 e. The van der Waals surface area contributed by atoms with Crippen LogP contribution in [0.2, 0.25) is 0 Å². The average molecular weight is 233 g/mol. The summed E-state index contributed by atoms with van der Waals surface area (Å²) in [5, 5.41) is 3.56. The van der Waals surface area contributed by atoms with Gasteiger partial charge in [0.25, 0.3) is 0 Å². The van der Waals surface area contributed by atoms with Crippen molar-refractivity contribution in [3.8, 4) is 5.75 Å². The maximum atomic E-state index is 5.53. The first-order valence-electron chi connectivity index (χ1n) is 6.55. The van der Waals surface area contributed by atoms with Gasteiger partial charge in [0, 0.05) is 6.04 Å². The smallest absolute Gasteiger partial charge is 0.125 e. The molecule has 0 amide bonds. The van der Waals surface area contributed by atoms with Crippen LogP contribution in [0.5, 0.6) is 5.75 Å². The van der Waals surface area contributed by atoms with Gasteiger partial charge in [-0.2, -0.15) is 0 Å². The average Bonchev–Trinajstić information content (AvgIpc) is 2.81. The Morgan fingerprint density at radius 3 is 2.65 bits per heavy atom. The van der Waals surface area contributed by atoms with E-state index in [1.165, 1.54) is 29.5 Å². The Hall–Kier alpha value is -1.02. The van der Waals surface area contributed by atoms with E-state index >= 15 is 0 Å². The van der Waals surface area contributed by atoms with Crippen molar-refractivity contribution in [3.63, 3.8) is 0 Å². The Bertz CT molecular complexity index is 392. The van der Waals surface area contributed by atoms with E-state index in [-0.39, 0.29) is 0 Å². The lowest BCUT2D eigenvalue weighted by atomic mass is 9.93. The second kappa shape index (κ2) is 5.09. The summed E-state index contributed by atoms with van der Waals surface area (Å²) in [6.45, 7) is 7.74. The van der Waals surface area contributed by atoms with Crippen molar-refractivity contribution in [3.05, 3.63) is 28.8 Å². The van der Waals surface area contributed by atoms with Crippen LogP contribution < -0.4 is 10.1 Å². The van der Waals surface area contributed by atoms with E-state index in [4.69, 9.17) is 4.74 Å². The van der Waals surface area contributed by atoms with Crippen molar-refractivity contribution in [2.75, 3.05) is 13.7 Å². The third kappa shape index (κ3) is 2.47. The Kier molecular flexibility index (Phi) is 3.72. The van der Waals surface area contributed by atoms with Gasteiger partial charge in [-0.3, -0.25) is 0 Å². The number of rotatable bonds is 3. The minimum Gasteiger partial charge on any atom is -0.496 e. The molecule has 2 nitrogen and oxygen atoms in total. The van der Waals surface area contributed by atoms with E-state index in [0.29, 0.717) is 12.0 Å². The predicted molar refractivity (Wildman–Crippen MR) is 71.8 cm³/mol. The molecule has 0 spiro atoms. The number of hydrogen-bond donors (Lipinski definition) is 1. The lowest BCUT2D eigenvalue weighted by molar-refractivity contribution is 0.404. The Balaban J connectivity index is 2.41. The van der Waals surface area contributed by atoms with Crippen LogP contribution in [0.3, 0.4) is 0 Å². The molecule has 1 aromatic rings. The molecule has 1 fully saturated rings. The highest BCUT2D eigenvalue weighted by molar-refractivity contribution is 5.46. The summed E-state index contributed by atoms with van der Waals surface area (Å²) >= 11 is 0. The first-order chi connectivity index (χ1) is 8.13. The molecule has 2 rings (SSSR count). The van der Waals surface area contributed by atoms with Crippen molar-refractivity contribution in [2.24, 2.45) is 0 Å².